The molecule has 96 valence electrons. The molecule has 0 aromatic heterocycles. The summed E-state index contributed by atoms with van der Waals surface area (Å²) in [4.78, 5) is 0. The Labute approximate surface area is 103 Å². The zero-order valence-corrected chi connectivity index (χ0v) is 11.5. The van der Waals surface area contributed by atoms with Crippen molar-refractivity contribution in [3.05, 3.63) is 23.3 Å². The van der Waals surface area contributed by atoms with Crippen LogP contribution < -0.4 is 9.47 Å². The number of methoxy groups -OCH3 is 2. The van der Waals surface area contributed by atoms with Crippen LogP contribution in [0.15, 0.2) is 12.1 Å². The van der Waals surface area contributed by atoms with E-state index in [0.29, 0.717) is 11.7 Å². The van der Waals surface area contributed by atoms with Gasteiger partial charge in [-0.1, -0.05) is 13.8 Å². The van der Waals surface area contributed by atoms with Gasteiger partial charge in [0.15, 0.2) is 0 Å². The smallest absolute Gasteiger partial charge is 0.125 e. The minimum Gasteiger partial charge on any atom is -0.496 e. The molecule has 0 atom stereocenters. The van der Waals surface area contributed by atoms with Crippen LogP contribution in [0.2, 0.25) is 0 Å². The third kappa shape index (κ3) is 2.91. The number of benzene rings is 1. The lowest BCUT2D eigenvalue weighted by Crippen LogP contribution is -2.17. The summed E-state index contributed by atoms with van der Waals surface area (Å²) in [6.07, 6.45) is 0. The van der Waals surface area contributed by atoms with Crippen LogP contribution in [0, 0.1) is 0 Å². The van der Waals surface area contributed by atoms with Gasteiger partial charge in [-0.15, -0.1) is 0 Å². The van der Waals surface area contributed by atoms with Gasteiger partial charge in [0, 0.05) is 11.1 Å². The molecule has 1 N–H and O–H groups in total. The normalized spacial score (nSPS) is 11.8. The molecule has 0 radical (unpaired) electrons. The van der Waals surface area contributed by atoms with Crippen molar-refractivity contribution in [3.63, 3.8) is 0 Å². The van der Waals surface area contributed by atoms with Gasteiger partial charge in [-0.2, -0.15) is 0 Å². The predicted octanol–water partition coefficient (Wildman–Crippen LogP) is 3.05. The summed E-state index contributed by atoms with van der Waals surface area (Å²) in [5.74, 6) is 1.83. The fourth-order valence-corrected chi connectivity index (χ4v) is 1.85. The molecular weight excluding hydrogens is 216 g/mol. The van der Waals surface area contributed by atoms with E-state index in [2.05, 4.69) is 13.8 Å². The van der Waals surface area contributed by atoms with E-state index in [0.717, 1.165) is 16.9 Å². The molecule has 1 rings (SSSR count). The molecule has 3 heteroatoms. The van der Waals surface area contributed by atoms with Gasteiger partial charge in [-0.05, 0) is 31.9 Å². The van der Waals surface area contributed by atoms with Crippen LogP contribution in [0.3, 0.4) is 0 Å². The van der Waals surface area contributed by atoms with Gasteiger partial charge in [0.1, 0.15) is 11.5 Å². The van der Waals surface area contributed by atoms with Crippen molar-refractivity contribution >= 4 is 0 Å². The van der Waals surface area contributed by atoms with E-state index >= 15 is 0 Å². The molecule has 3 nitrogen and oxygen atoms in total. The first kappa shape index (κ1) is 13.8. The molecule has 17 heavy (non-hydrogen) atoms. The average molecular weight is 238 g/mol. The Morgan fingerprint density at radius 2 is 1.59 bits per heavy atom. The number of ether oxygens (including phenoxy) is 2. The lowest BCUT2D eigenvalue weighted by Gasteiger charge is -2.24. The lowest BCUT2D eigenvalue weighted by molar-refractivity contribution is 0.0753. The number of rotatable bonds is 4. The quantitative estimate of drug-likeness (QED) is 0.876. The molecule has 0 spiro atoms. The van der Waals surface area contributed by atoms with Crippen LogP contribution in [0.5, 0.6) is 11.5 Å². The van der Waals surface area contributed by atoms with Crippen molar-refractivity contribution in [1.82, 2.24) is 0 Å². The van der Waals surface area contributed by atoms with Crippen molar-refractivity contribution < 1.29 is 14.6 Å². The van der Waals surface area contributed by atoms with Gasteiger partial charge in [-0.3, -0.25) is 0 Å². The number of hydrogen-bond donors (Lipinski definition) is 1. The van der Waals surface area contributed by atoms with Gasteiger partial charge < -0.3 is 14.6 Å². The SMILES string of the molecule is COc1cc(C(C)(C)O)c(OC)cc1C(C)C. The van der Waals surface area contributed by atoms with E-state index in [9.17, 15) is 5.11 Å². The highest BCUT2D eigenvalue weighted by molar-refractivity contribution is 5.49. The molecule has 0 aliphatic heterocycles. The van der Waals surface area contributed by atoms with Gasteiger partial charge in [0.2, 0.25) is 0 Å². The highest BCUT2D eigenvalue weighted by atomic mass is 16.5. The summed E-state index contributed by atoms with van der Waals surface area (Å²) in [5.41, 5.74) is 0.868. The topological polar surface area (TPSA) is 38.7 Å². The Bertz CT molecular complexity index is 389. The van der Waals surface area contributed by atoms with E-state index in [4.69, 9.17) is 9.47 Å². The molecule has 0 saturated heterocycles. The van der Waals surface area contributed by atoms with Gasteiger partial charge in [0.25, 0.3) is 0 Å². The summed E-state index contributed by atoms with van der Waals surface area (Å²) in [6.45, 7) is 7.67. The minimum atomic E-state index is -0.950. The molecule has 0 aliphatic rings. The van der Waals surface area contributed by atoms with Crippen LogP contribution in [-0.2, 0) is 5.60 Å². The molecule has 1 aromatic carbocycles. The second-order valence-electron chi connectivity index (χ2n) is 5.01. The van der Waals surface area contributed by atoms with Crippen molar-refractivity contribution in [2.45, 2.75) is 39.2 Å². The van der Waals surface area contributed by atoms with Crippen LogP contribution in [0.4, 0.5) is 0 Å². The van der Waals surface area contributed by atoms with E-state index in [1.807, 2.05) is 12.1 Å². The van der Waals surface area contributed by atoms with Crippen molar-refractivity contribution in [1.29, 1.82) is 0 Å². The number of aliphatic hydroxyl groups is 1. The highest BCUT2D eigenvalue weighted by Crippen LogP contribution is 2.38. The summed E-state index contributed by atoms with van der Waals surface area (Å²) >= 11 is 0. The second kappa shape index (κ2) is 4.96. The summed E-state index contributed by atoms with van der Waals surface area (Å²) in [5, 5.41) is 10.1. The first-order valence-corrected chi connectivity index (χ1v) is 5.80. The molecule has 0 bridgehead atoms. The van der Waals surface area contributed by atoms with Gasteiger partial charge >= 0.3 is 0 Å². The fraction of sp³-hybridized carbons (Fsp3) is 0.571. The molecule has 0 heterocycles. The maximum atomic E-state index is 10.1. The Morgan fingerprint density at radius 3 is 1.94 bits per heavy atom. The monoisotopic (exact) mass is 238 g/mol. The van der Waals surface area contributed by atoms with E-state index in [1.165, 1.54) is 0 Å². The summed E-state index contributed by atoms with van der Waals surface area (Å²) < 4.78 is 10.7. The average Bonchev–Trinajstić information content (AvgIpc) is 2.25. The molecule has 0 aliphatic carbocycles. The van der Waals surface area contributed by atoms with Gasteiger partial charge in [-0.25, -0.2) is 0 Å². The van der Waals surface area contributed by atoms with Crippen LogP contribution >= 0.6 is 0 Å². The molecule has 0 fully saturated rings. The van der Waals surface area contributed by atoms with Crippen LogP contribution in [0.1, 0.15) is 44.7 Å². The van der Waals surface area contributed by atoms with Crippen molar-refractivity contribution in [3.8, 4) is 11.5 Å². The summed E-state index contributed by atoms with van der Waals surface area (Å²) in [6, 6.07) is 3.80. The molecule has 0 unspecified atom stereocenters. The molecule has 1 aromatic rings. The minimum absolute atomic E-state index is 0.342. The zero-order chi connectivity index (χ0) is 13.2. The Kier molecular flexibility index (Phi) is 4.04. The van der Waals surface area contributed by atoms with Crippen molar-refractivity contribution in [2.24, 2.45) is 0 Å². The molecule has 0 amide bonds. The first-order chi connectivity index (χ1) is 7.81. The molecule has 0 saturated carbocycles. The predicted molar refractivity (Wildman–Crippen MR) is 68.9 cm³/mol. The van der Waals surface area contributed by atoms with E-state index in [1.54, 1.807) is 28.1 Å². The summed E-state index contributed by atoms with van der Waals surface area (Å²) in [7, 11) is 3.25. The van der Waals surface area contributed by atoms with Crippen molar-refractivity contribution in [2.75, 3.05) is 14.2 Å². The third-order valence-corrected chi connectivity index (χ3v) is 2.83. The maximum Gasteiger partial charge on any atom is 0.125 e. The second-order valence-corrected chi connectivity index (χ2v) is 5.01. The lowest BCUT2D eigenvalue weighted by atomic mass is 9.92. The Morgan fingerprint density at radius 1 is 1.06 bits per heavy atom. The number of hydrogen-bond acceptors (Lipinski definition) is 3. The maximum absolute atomic E-state index is 10.1. The fourth-order valence-electron chi connectivity index (χ4n) is 1.85. The largest absolute Gasteiger partial charge is 0.496 e. The van der Waals surface area contributed by atoms with E-state index < -0.39 is 5.60 Å². The standard InChI is InChI=1S/C14H22O3/c1-9(2)10-7-13(17-6)11(14(3,4)15)8-12(10)16-5/h7-9,15H,1-6H3. The first-order valence-electron chi connectivity index (χ1n) is 5.80. The Balaban J connectivity index is 3.44. The van der Waals surface area contributed by atoms with E-state index in [-0.39, 0.29) is 0 Å². The van der Waals surface area contributed by atoms with Crippen LogP contribution in [0.25, 0.3) is 0 Å². The third-order valence-electron chi connectivity index (χ3n) is 2.83. The van der Waals surface area contributed by atoms with Crippen LogP contribution in [-0.4, -0.2) is 19.3 Å². The highest BCUT2D eigenvalue weighted by Gasteiger charge is 2.24. The molecular formula is C14H22O3. The van der Waals surface area contributed by atoms with Gasteiger partial charge in [0.05, 0.1) is 19.8 Å². The zero-order valence-electron chi connectivity index (χ0n) is 11.5. The Hall–Kier alpha value is -1.22.